The lowest BCUT2D eigenvalue weighted by Crippen LogP contribution is -2.51. The molecule has 0 atom stereocenters. The zero-order valence-corrected chi connectivity index (χ0v) is 22.8. The summed E-state index contributed by atoms with van der Waals surface area (Å²) in [7, 11) is 1.58. The Morgan fingerprint density at radius 1 is 1.00 bits per heavy atom. The van der Waals surface area contributed by atoms with E-state index in [1.807, 2.05) is 42.6 Å². The number of nitrogens with one attached hydrogen (secondary N) is 2. The van der Waals surface area contributed by atoms with Gasteiger partial charge in [0.1, 0.15) is 5.75 Å². The minimum atomic E-state index is -0.182. The highest BCUT2D eigenvalue weighted by Gasteiger charge is 2.39. The van der Waals surface area contributed by atoms with Crippen LogP contribution in [0.25, 0.3) is 0 Å². The molecule has 7 nitrogen and oxygen atoms in total. The van der Waals surface area contributed by atoms with Crippen molar-refractivity contribution in [3.05, 3.63) is 102 Å². The second kappa shape index (κ2) is 13.5. The van der Waals surface area contributed by atoms with E-state index in [0.717, 1.165) is 37.8 Å². The summed E-state index contributed by atoms with van der Waals surface area (Å²) in [5.41, 5.74) is 2.73. The number of hydrogen-bond donors (Lipinski definition) is 2. The maximum atomic E-state index is 13.2. The van der Waals surface area contributed by atoms with Crippen molar-refractivity contribution in [3.8, 4) is 11.9 Å². The Morgan fingerprint density at radius 2 is 1.64 bits per heavy atom. The second-order valence-corrected chi connectivity index (χ2v) is 9.92. The number of aliphatic imine (C=N–C) groups is 1. The summed E-state index contributed by atoms with van der Waals surface area (Å²) in [4.78, 5) is 19.5. The molecule has 3 aromatic carbocycles. The molecule has 1 aliphatic carbocycles. The molecule has 1 amide bonds. The van der Waals surface area contributed by atoms with E-state index in [-0.39, 0.29) is 17.4 Å². The number of rotatable bonds is 9. The highest BCUT2D eigenvalue weighted by Crippen LogP contribution is 2.40. The monoisotopic (exact) mass is 523 g/mol. The summed E-state index contributed by atoms with van der Waals surface area (Å²) in [6.45, 7) is 3.99. The van der Waals surface area contributed by atoms with Crippen LogP contribution in [0.4, 0.5) is 0 Å². The lowest BCUT2D eigenvalue weighted by atomic mass is 9.67. The number of para-hydroxylation sites is 1. The minimum absolute atomic E-state index is 0.131. The molecule has 0 bridgehead atoms. The van der Waals surface area contributed by atoms with Gasteiger partial charge < -0.3 is 20.3 Å². The Hall–Kier alpha value is -4.31. The second-order valence-electron chi connectivity index (χ2n) is 9.92. The van der Waals surface area contributed by atoms with Gasteiger partial charge in [-0.2, -0.15) is 5.26 Å². The normalized spacial score (nSPS) is 19.0. The van der Waals surface area contributed by atoms with Crippen LogP contribution in [0.1, 0.15) is 54.1 Å². The van der Waals surface area contributed by atoms with Gasteiger partial charge >= 0.3 is 0 Å². The Morgan fingerprint density at radius 3 is 2.28 bits per heavy atom. The molecule has 4 rings (SSSR count). The SMILES string of the molecule is CCN(/C(=N/C#N)NCc1ccccc1)C1CCC(CNC(=O)c2ccccc2OC)(c2ccccc2)CC1. The van der Waals surface area contributed by atoms with Crippen molar-refractivity contribution < 1.29 is 9.53 Å². The van der Waals surface area contributed by atoms with Gasteiger partial charge in [-0.25, -0.2) is 0 Å². The van der Waals surface area contributed by atoms with E-state index in [2.05, 4.69) is 63.8 Å². The molecule has 1 saturated carbocycles. The predicted molar refractivity (Wildman–Crippen MR) is 154 cm³/mol. The number of benzene rings is 3. The van der Waals surface area contributed by atoms with Crippen molar-refractivity contribution in [1.29, 1.82) is 5.26 Å². The maximum absolute atomic E-state index is 13.2. The smallest absolute Gasteiger partial charge is 0.255 e. The van der Waals surface area contributed by atoms with Crippen LogP contribution in [0.5, 0.6) is 5.75 Å². The zero-order chi connectivity index (χ0) is 27.5. The fourth-order valence-electron chi connectivity index (χ4n) is 5.61. The van der Waals surface area contributed by atoms with Crippen LogP contribution < -0.4 is 15.4 Å². The number of methoxy groups -OCH3 is 1. The van der Waals surface area contributed by atoms with Crippen molar-refractivity contribution in [3.63, 3.8) is 0 Å². The number of nitriles is 1. The lowest BCUT2D eigenvalue weighted by molar-refractivity contribution is 0.0926. The number of carbonyl (C=O) groups excluding carboxylic acids is 1. The van der Waals surface area contributed by atoms with Crippen molar-refractivity contribution in [1.82, 2.24) is 15.5 Å². The van der Waals surface area contributed by atoms with Gasteiger partial charge in [-0.05, 0) is 55.9 Å². The Labute approximate surface area is 231 Å². The van der Waals surface area contributed by atoms with Crippen LogP contribution in [0, 0.1) is 11.5 Å². The van der Waals surface area contributed by atoms with Crippen LogP contribution in [0.3, 0.4) is 0 Å². The number of carbonyl (C=O) groups is 1. The van der Waals surface area contributed by atoms with E-state index in [9.17, 15) is 10.1 Å². The van der Waals surface area contributed by atoms with Crippen LogP contribution in [-0.2, 0) is 12.0 Å². The molecular formula is C32H37N5O2. The van der Waals surface area contributed by atoms with Crippen LogP contribution >= 0.6 is 0 Å². The standard InChI is InChI=1S/C32H37N5O2/c1-3-37(31(36-24-33)34-22-25-12-6-4-7-13-25)27-18-20-32(21-19-27,26-14-8-5-9-15-26)23-35-30(38)28-16-10-11-17-29(28)39-2/h4-17,27H,3,18-23H2,1-2H3,(H,34,36)(H,35,38). The summed E-state index contributed by atoms with van der Waals surface area (Å²) in [6, 6.07) is 28.1. The number of amides is 1. The van der Waals surface area contributed by atoms with Crippen LogP contribution in [0.15, 0.2) is 89.9 Å². The highest BCUT2D eigenvalue weighted by molar-refractivity contribution is 5.97. The van der Waals surface area contributed by atoms with Gasteiger partial charge in [0.2, 0.25) is 12.2 Å². The molecule has 0 aromatic heterocycles. The van der Waals surface area contributed by atoms with E-state index >= 15 is 0 Å². The summed E-state index contributed by atoms with van der Waals surface area (Å²) in [5, 5.41) is 16.0. The maximum Gasteiger partial charge on any atom is 0.255 e. The Bertz CT molecular complexity index is 1280. The fraction of sp³-hybridized carbons (Fsp3) is 0.344. The van der Waals surface area contributed by atoms with Crippen LogP contribution in [-0.4, -0.2) is 43.0 Å². The minimum Gasteiger partial charge on any atom is -0.496 e. The first-order valence-electron chi connectivity index (χ1n) is 13.6. The first kappa shape index (κ1) is 27.7. The third-order valence-electron chi connectivity index (χ3n) is 7.74. The molecule has 0 unspecified atom stereocenters. The molecule has 2 N–H and O–H groups in total. The molecule has 3 aromatic rings. The van der Waals surface area contributed by atoms with E-state index in [0.29, 0.717) is 30.4 Å². The number of hydrogen-bond acceptors (Lipinski definition) is 4. The summed E-state index contributed by atoms with van der Waals surface area (Å²) in [6.07, 6.45) is 5.64. The van der Waals surface area contributed by atoms with Crippen LogP contribution in [0.2, 0.25) is 0 Å². The zero-order valence-electron chi connectivity index (χ0n) is 22.8. The quantitative estimate of drug-likeness (QED) is 0.227. The topological polar surface area (TPSA) is 89.8 Å². The largest absolute Gasteiger partial charge is 0.496 e. The van der Waals surface area contributed by atoms with Gasteiger partial charge in [0.05, 0.1) is 12.7 Å². The van der Waals surface area contributed by atoms with E-state index < -0.39 is 0 Å². The number of guanidine groups is 1. The number of nitrogens with zero attached hydrogens (tertiary/aromatic N) is 3. The molecule has 0 spiro atoms. The average Bonchev–Trinajstić information content (AvgIpc) is 3.00. The van der Waals surface area contributed by atoms with Gasteiger partial charge in [0.15, 0.2) is 0 Å². The Balaban J connectivity index is 1.48. The van der Waals surface area contributed by atoms with Gasteiger partial charge in [-0.3, -0.25) is 4.79 Å². The summed E-state index contributed by atoms with van der Waals surface area (Å²) < 4.78 is 5.40. The molecule has 1 aliphatic rings. The Kier molecular flexibility index (Phi) is 9.58. The molecule has 0 aliphatic heterocycles. The molecule has 0 radical (unpaired) electrons. The first-order valence-corrected chi connectivity index (χ1v) is 13.6. The molecule has 202 valence electrons. The fourth-order valence-corrected chi connectivity index (χ4v) is 5.61. The highest BCUT2D eigenvalue weighted by atomic mass is 16.5. The van der Waals surface area contributed by atoms with Gasteiger partial charge in [0, 0.05) is 31.1 Å². The van der Waals surface area contributed by atoms with Gasteiger partial charge in [-0.15, -0.1) is 4.99 Å². The predicted octanol–water partition coefficient (Wildman–Crippen LogP) is 5.25. The summed E-state index contributed by atoms with van der Waals surface area (Å²) >= 11 is 0. The number of ether oxygens (including phenoxy) is 1. The molecule has 0 heterocycles. The van der Waals surface area contributed by atoms with E-state index in [1.165, 1.54) is 5.56 Å². The van der Waals surface area contributed by atoms with E-state index in [4.69, 9.17) is 4.74 Å². The molecular weight excluding hydrogens is 486 g/mol. The lowest BCUT2D eigenvalue weighted by Gasteiger charge is -2.44. The van der Waals surface area contributed by atoms with Crippen molar-refractivity contribution in [2.24, 2.45) is 4.99 Å². The molecule has 0 saturated heterocycles. The van der Waals surface area contributed by atoms with Gasteiger partial charge in [-0.1, -0.05) is 72.8 Å². The molecule has 7 heteroatoms. The van der Waals surface area contributed by atoms with Gasteiger partial charge in [0.25, 0.3) is 5.91 Å². The van der Waals surface area contributed by atoms with Crippen molar-refractivity contribution in [2.75, 3.05) is 20.2 Å². The average molecular weight is 524 g/mol. The summed E-state index contributed by atoms with van der Waals surface area (Å²) in [5.74, 6) is 1.05. The molecule has 1 fully saturated rings. The van der Waals surface area contributed by atoms with Crippen molar-refractivity contribution in [2.45, 2.75) is 50.6 Å². The van der Waals surface area contributed by atoms with Crippen molar-refractivity contribution >= 4 is 11.9 Å². The first-order chi connectivity index (χ1) is 19.1. The third-order valence-corrected chi connectivity index (χ3v) is 7.74. The van der Waals surface area contributed by atoms with E-state index in [1.54, 1.807) is 19.2 Å². The third kappa shape index (κ3) is 6.77. The molecule has 39 heavy (non-hydrogen) atoms.